The van der Waals surface area contributed by atoms with Crippen molar-refractivity contribution < 1.29 is 4.79 Å². The molecule has 0 fully saturated rings. The average molecular weight is 186 g/mol. The molecule has 0 aromatic heterocycles. The van der Waals surface area contributed by atoms with Crippen LogP contribution in [0, 0.1) is 5.41 Å². The second-order valence-electron chi connectivity index (χ2n) is 4.51. The Hall–Kier alpha value is -0.570. The summed E-state index contributed by atoms with van der Waals surface area (Å²) in [6.45, 7) is 9.03. The highest BCUT2D eigenvalue weighted by atomic mass is 16.1. The van der Waals surface area contributed by atoms with Crippen LogP contribution in [-0.2, 0) is 4.79 Å². The molecule has 0 spiro atoms. The summed E-state index contributed by atoms with van der Waals surface area (Å²) in [6, 6.07) is -0.223. The predicted octanol–water partition coefficient (Wildman–Crippen LogP) is 1.28. The first-order chi connectivity index (χ1) is 5.89. The lowest BCUT2D eigenvalue weighted by Gasteiger charge is -2.28. The monoisotopic (exact) mass is 186 g/mol. The van der Waals surface area contributed by atoms with Crippen molar-refractivity contribution in [2.24, 2.45) is 11.1 Å². The van der Waals surface area contributed by atoms with Gasteiger partial charge in [-0.15, -0.1) is 0 Å². The number of hydrogen-bond donors (Lipinski definition) is 2. The van der Waals surface area contributed by atoms with Gasteiger partial charge in [0.2, 0.25) is 5.91 Å². The third kappa shape index (κ3) is 4.88. The number of rotatable bonds is 5. The zero-order chi connectivity index (χ0) is 10.5. The summed E-state index contributed by atoms with van der Waals surface area (Å²) < 4.78 is 0. The van der Waals surface area contributed by atoms with Crippen LogP contribution < -0.4 is 11.1 Å². The molecule has 0 saturated heterocycles. The van der Waals surface area contributed by atoms with E-state index in [0.717, 1.165) is 19.4 Å². The third-order valence-corrected chi connectivity index (χ3v) is 2.03. The summed E-state index contributed by atoms with van der Waals surface area (Å²) >= 11 is 0. The molecule has 3 heteroatoms. The van der Waals surface area contributed by atoms with Crippen LogP contribution >= 0.6 is 0 Å². The Balaban J connectivity index is 4.04. The first-order valence-corrected chi connectivity index (χ1v) is 4.92. The molecule has 3 nitrogen and oxygen atoms in total. The van der Waals surface area contributed by atoms with Crippen LogP contribution in [0.2, 0.25) is 0 Å². The summed E-state index contributed by atoms with van der Waals surface area (Å²) in [5.74, 6) is -0.261. The van der Waals surface area contributed by atoms with Gasteiger partial charge in [0, 0.05) is 0 Å². The number of primary amides is 1. The molecular weight excluding hydrogens is 164 g/mol. The highest BCUT2D eigenvalue weighted by Gasteiger charge is 2.28. The fraction of sp³-hybridized carbons (Fsp3) is 0.900. The van der Waals surface area contributed by atoms with Gasteiger partial charge in [-0.3, -0.25) is 4.79 Å². The van der Waals surface area contributed by atoms with Crippen LogP contribution in [0.15, 0.2) is 0 Å². The van der Waals surface area contributed by atoms with E-state index >= 15 is 0 Å². The minimum atomic E-state index is -0.261. The second-order valence-corrected chi connectivity index (χ2v) is 4.51. The Morgan fingerprint density at radius 2 is 2.00 bits per heavy atom. The molecule has 0 aliphatic heterocycles. The molecule has 0 unspecified atom stereocenters. The fourth-order valence-electron chi connectivity index (χ4n) is 1.26. The Labute approximate surface area is 81.1 Å². The number of carbonyl (C=O) groups excluding carboxylic acids is 1. The Bertz CT molecular complexity index is 161. The Morgan fingerprint density at radius 1 is 1.46 bits per heavy atom. The SMILES string of the molecule is CCCCN[C@H](C(N)=O)C(C)(C)C. The maximum absolute atomic E-state index is 11.1. The summed E-state index contributed by atoms with van der Waals surface area (Å²) in [5.41, 5.74) is 5.21. The standard InChI is InChI=1S/C10H22N2O/c1-5-6-7-12-8(9(11)13)10(2,3)4/h8,12H,5-7H2,1-4H3,(H2,11,13)/t8-/m1/s1. The van der Waals surface area contributed by atoms with E-state index in [0.29, 0.717) is 0 Å². The lowest BCUT2D eigenvalue weighted by atomic mass is 9.86. The van der Waals surface area contributed by atoms with Crippen molar-refractivity contribution in [3.63, 3.8) is 0 Å². The minimum absolute atomic E-state index is 0.0976. The number of unbranched alkanes of at least 4 members (excludes halogenated alkanes) is 1. The molecule has 0 saturated carbocycles. The molecule has 3 N–H and O–H groups in total. The van der Waals surface area contributed by atoms with Gasteiger partial charge in [0.05, 0.1) is 6.04 Å². The molecule has 78 valence electrons. The van der Waals surface area contributed by atoms with Gasteiger partial charge in [-0.1, -0.05) is 34.1 Å². The Morgan fingerprint density at radius 3 is 2.31 bits per heavy atom. The Kier molecular flexibility index (Phi) is 4.99. The molecule has 0 aromatic rings. The van der Waals surface area contributed by atoms with Crippen LogP contribution in [0.1, 0.15) is 40.5 Å². The molecule has 0 aromatic carbocycles. The van der Waals surface area contributed by atoms with E-state index in [2.05, 4.69) is 12.2 Å². The predicted molar refractivity (Wildman–Crippen MR) is 55.3 cm³/mol. The molecule has 1 atom stereocenters. The van der Waals surface area contributed by atoms with Gasteiger partial charge in [-0.05, 0) is 18.4 Å². The summed E-state index contributed by atoms with van der Waals surface area (Å²) in [6.07, 6.45) is 2.21. The van der Waals surface area contributed by atoms with E-state index in [1.165, 1.54) is 0 Å². The van der Waals surface area contributed by atoms with Crippen LogP contribution in [-0.4, -0.2) is 18.5 Å². The van der Waals surface area contributed by atoms with Gasteiger partial charge in [-0.25, -0.2) is 0 Å². The van der Waals surface area contributed by atoms with Crippen molar-refractivity contribution in [2.75, 3.05) is 6.54 Å². The number of nitrogens with one attached hydrogen (secondary N) is 1. The van der Waals surface area contributed by atoms with Crippen molar-refractivity contribution in [3.8, 4) is 0 Å². The van der Waals surface area contributed by atoms with Crippen molar-refractivity contribution >= 4 is 5.91 Å². The van der Waals surface area contributed by atoms with Crippen LogP contribution in [0.4, 0.5) is 0 Å². The molecule has 0 rings (SSSR count). The van der Waals surface area contributed by atoms with Crippen molar-refractivity contribution in [1.82, 2.24) is 5.32 Å². The molecule has 0 aliphatic rings. The van der Waals surface area contributed by atoms with E-state index in [4.69, 9.17) is 5.73 Å². The molecule has 0 bridgehead atoms. The van der Waals surface area contributed by atoms with Crippen molar-refractivity contribution in [1.29, 1.82) is 0 Å². The summed E-state index contributed by atoms with van der Waals surface area (Å²) in [7, 11) is 0. The maximum atomic E-state index is 11.1. The second kappa shape index (κ2) is 5.22. The number of carbonyl (C=O) groups is 1. The summed E-state index contributed by atoms with van der Waals surface area (Å²) in [4.78, 5) is 11.1. The number of nitrogens with two attached hydrogens (primary N) is 1. The highest BCUT2D eigenvalue weighted by Crippen LogP contribution is 2.18. The average Bonchev–Trinajstić information content (AvgIpc) is 1.94. The number of amides is 1. The van der Waals surface area contributed by atoms with Crippen molar-refractivity contribution in [2.45, 2.75) is 46.6 Å². The zero-order valence-corrected chi connectivity index (χ0v) is 9.18. The van der Waals surface area contributed by atoms with Crippen LogP contribution in [0.25, 0.3) is 0 Å². The first-order valence-electron chi connectivity index (χ1n) is 4.92. The van der Waals surface area contributed by atoms with E-state index in [9.17, 15) is 4.79 Å². The fourth-order valence-corrected chi connectivity index (χ4v) is 1.26. The van der Waals surface area contributed by atoms with E-state index in [1.807, 2.05) is 20.8 Å². The van der Waals surface area contributed by atoms with Gasteiger partial charge in [-0.2, -0.15) is 0 Å². The van der Waals surface area contributed by atoms with Gasteiger partial charge in [0.1, 0.15) is 0 Å². The van der Waals surface area contributed by atoms with Crippen LogP contribution in [0.3, 0.4) is 0 Å². The summed E-state index contributed by atoms with van der Waals surface area (Å²) in [5, 5.41) is 3.19. The zero-order valence-electron chi connectivity index (χ0n) is 9.18. The molecule has 1 amide bonds. The van der Waals surface area contributed by atoms with Crippen molar-refractivity contribution in [3.05, 3.63) is 0 Å². The molecule has 0 heterocycles. The lowest BCUT2D eigenvalue weighted by molar-refractivity contribution is -0.122. The van der Waals surface area contributed by atoms with Gasteiger partial charge < -0.3 is 11.1 Å². The van der Waals surface area contributed by atoms with Gasteiger partial charge in [0.15, 0.2) is 0 Å². The van der Waals surface area contributed by atoms with Crippen LogP contribution in [0.5, 0.6) is 0 Å². The smallest absolute Gasteiger partial charge is 0.235 e. The topological polar surface area (TPSA) is 55.1 Å². The number of hydrogen-bond acceptors (Lipinski definition) is 2. The third-order valence-electron chi connectivity index (χ3n) is 2.03. The molecule has 0 aliphatic carbocycles. The molecular formula is C10H22N2O. The normalized spacial score (nSPS) is 14.2. The van der Waals surface area contributed by atoms with Gasteiger partial charge >= 0.3 is 0 Å². The highest BCUT2D eigenvalue weighted by molar-refractivity contribution is 5.80. The minimum Gasteiger partial charge on any atom is -0.368 e. The van der Waals surface area contributed by atoms with Gasteiger partial charge in [0.25, 0.3) is 0 Å². The first kappa shape index (κ1) is 12.4. The largest absolute Gasteiger partial charge is 0.368 e. The molecule has 0 radical (unpaired) electrons. The van der Waals surface area contributed by atoms with E-state index in [-0.39, 0.29) is 17.4 Å². The molecule has 13 heavy (non-hydrogen) atoms. The lowest BCUT2D eigenvalue weighted by Crippen LogP contribution is -2.50. The maximum Gasteiger partial charge on any atom is 0.235 e. The van der Waals surface area contributed by atoms with E-state index < -0.39 is 0 Å². The van der Waals surface area contributed by atoms with E-state index in [1.54, 1.807) is 0 Å². The quantitative estimate of drug-likeness (QED) is 0.635.